The second kappa shape index (κ2) is 8.42. The molecule has 2 saturated heterocycles. The quantitative estimate of drug-likeness (QED) is 0.700. The molecule has 2 aromatic rings. The zero-order chi connectivity index (χ0) is 20.4. The van der Waals surface area contributed by atoms with Crippen LogP contribution in [0.2, 0.25) is 0 Å². The van der Waals surface area contributed by atoms with E-state index in [4.69, 9.17) is 0 Å². The van der Waals surface area contributed by atoms with Crippen molar-refractivity contribution >= 4 is 51.9 Å². The van der Waals surface area contributed by atoms with E-state index in [1.165, 1.54) is 0 Å². The summed E-state index contributed by atoms with van der Waals surface area (Å²) in [5, 5.41) is -0.384. The Morgan fingerprint density at radius 3 is 2.41 bits per heavy atom. The molecule has 3 heterocycles. The number of para-hydroxylation sites is 1. The molecule has 0 atom stereocenters. The maximum atomic E-state index is 12.7. The number of imide groups is 1. The highest BCUT2D eigenvalue weighted by Crippen LogP contribution is 2.33. The summed E-state index contributed by atoms with van der Waals surface area (Å²) in [6.07, 6.45) is 1.73. The van der Waals surface area contributed by atoms with Crippen molar-refractivity contribution in [3.05, 3.63) is 57.1 Å². The van der Waals surface area contributed by atoms with E-state index >= 15 is 0 Å². The van der Waals surface area contributed by atoms with E-state index < -0.39 is 0 Å². The minimum atomic E-state index is -0.387. The summed E-state index contributed by atoms with van der Waals surface area (Å²) >= 11 is 2.46. The van der Waals surface area contributed by atoms with Gasteiger partial charge in [-0.25, -0.2) is 0 Å². The van der Waals surface area contributed by atoms with Crippen LogP contribution in [0.1, 0.15) is 9.75 Å². The van der Waals surface area contributed by atoms with Crippen LogP contribution in [0.15, 0.2) is 47.4 Å². The lowest BCUT2D eigenvalue weighted by Gasteiger charge is -2.36. The number of hydrogen-bond acceptors (Lipinski definition) is 6. The molecule has 0 saturated carbocycles. The van der Waals surface area contributed by atoms with Crippen LogP contribution in [0.5, 0.6) is 0 Å². The molecule has 150 valence electrons. The molecule has 2 aliphatic heterocycles. The summed E-state index contributed by atoms with van der Waals surface area (Å²) in [5.41, 5.74) is 1.14. The summed E-state index contributed by atoms with van der Waals surface area (Å²) in [6, 6.07) is 14.0. The zero-order valence-corrected chi connectivity index (χ0v) is 17.7. The lowest BCUT2D eigenvalue weighted by Crippen LogP contribution is -2.51. The number of hydrogen-bond donors (Lipinski definition) is 0. The van der Waals surface area contributed by atoms with Crippen LogP contribution in [0, 0.1) is 6.92 Å². The lowest BCUT2D eigenvalue weighted by atomic mass is 10.2. The van der Waals surface area contributed by atoms with Gasteiger partial charge in [-0.2, -0.15) is 0 Å². The number of amides is 3. The molecule has 6 nitrogen and oxygen atoms in total. The largest absolute Gasteiger partial charge is 0.368 e. The van der Waals surface area contributed by atoms with Gasteiger partial charge in [-0.05, 0) is 49.0 Å². The summed E-state index contributed by atoms with van der Waals surface area (Å²) in [5.74, 6) is -0.574. The number of aryl methyl sites for hydroxylation is 1. The van der Waals surface area contributed by atoms with Crippen molar-refractivity contribution in [3.63, 3.8) is 0 Å². The van der Waals surface area contributed by atoms with Crippen LogP contribution < -0.4 is 4.90 Å². The van der Waals surface area contributed by atoms with Crippen LogP contribution in [-0.2, 0) is 9.59 Å². The van der Waals surface area contributed by atoms with Gasteiger partial charge in [0, 0.05) is 41.6 Å². The van der Waals surface area contributed by atoms with Gasteiger partial charge in [0.15, 0.2) is 0 Å². The SMILES string of the molecule is Cc1ccc(C=C2SC(=O)N(CC(=O)N3CCN(c4ccccc4)CC3)C2=O)s1. The number of thioether (sulfide) groups is 1. The highest BCUT2D eigenvalue weighted by molar-refractivity contribution is 8.18. The van der Waals surface area contributed by atoms with Crippen LogP contribution in [0.4, 0.5) is 10.5 Å². The zero-order valence-electron chi connectivity index (χ0n) is 16.0. The fourth-order valence-corrected chi connectivity index (χ4v) is 5.11. The number of thiophene rings is 1. The smallest absolute Gasteiger partial charge is 0.294 e. The Bertz CT molecular complexity index is 963. The molecule has 0 bridgehead atoms. The maximum Gasteiger partial charge on any atom is 0.294 e. The van der Waals surface area contributed by atoms with Crippen molar-refractivity contribution in [2.75, 3.05) is 37.6 Å². The maximum absolute atomic E-state index is 12.7. The molecule has 4 rings (SSSR count). The first kappa shape index (κ1) is 19.7. The summed E-state index contributed by atoms with van der Waals surface area (Å²) in [7, 11) is 0. The van der Waals surface area contributed by atoms with Gasteiger partial charge in [-0.1, -0.05) is 18.2 Å². The van der Waals surface area contributed by atoms with Crippen molar-refractivity contribution in [3.8, 4) is 0 Å². The topological polar surface area (TPSA) is 60.9 Å². The highest BCUT2D eigenvalue weighted by atomic mass is 32.2. The van der Waals surface area contributed by atoms with Crippen molar-refractivity contribution in [1.82, 2.24) is 9.80 Å². The minimum absolute atomic E-state index is 0.187. The van der Waals surface area contributed by atoms with Crippen molar-refractivity contribution in [1.29, 1.82) is 0 Å². The van der Waals surface area contributed by atoms with Crippen molar-refractivity contribution < 1.29 is 14.4 Å². The third-order valence-electron chi connectivity index (χ3n) is 4.96. The molecule has 0 unspecified atom stereocenters. The first-order chi connectivity index (χ1) is 14.0. The fraction of sp³-hybridized carbons (Fsp3) is 0.286. The van der Waals surface area contributed by atoms with Gasteiger partial charge >= 0.3 is 0 Å². The Kier molecular flexibility index (Phi) is 5.73. The molecule has 0 aliphatic carbocycles. The summed E-state index contributed by atoms with van der Waals surface area (Å²) in [6.45, 7) is 4.41. The molecule has 2 aliphatic rings. The number of piperazine rings is 1. The van der Waals surface area contributed by atoms with Crippen molar-refractivity contribution in [2.45, 2.75) is 6.92 Å². The molecular formula is C21H21N3O3S2. The molecule has 8 heteroatoms. The average Bonchev–Trinajstić information content (AvgIpc) is 3.26. The van der Waals surface area contributed by atoms with Crippen LogP contribution in [0.25, 0.3) is 6.08 Å². The number of anilines is 1. The molecule has 1 aromatic heterocycles. The van der Waals surface area contributed by atoms with E-state index in [0.717, 1.165) is 45.2 Å². The monoisotopic (exact) mass is 427 g/mol. The predicted molar refractivity (Wildman–Crippen MR) is 117 cm³/mol. The molecule has 3 amide bonds. The number of benzene rings is 1. The van der Waals surface area contributed by atoms with E-state index in [2.05, 4.69) is 17.0 Å². The Morgan fingerprint density at radius 2 is 1.76 bits per heavy atom. The molecular weight excluding hydrogens is 406 g/mol. The summed E-state index contributed by atoms with van der Waals surface area (Å²) < 4.78 is 0. The molecule has 0 spiro atoms. The number of rotatable bonds is 4. The Balaban J connectivity index is 1.35. The standard InChI is InChI=1S/C21H21N3O3S2/c1-15-7-8-17(28-15)13-18-20(26)24(21(27)29-18)14-19(25)23-11-9-22(10-12-23)16-5-3-2-4-6-16/h2-8,13H,9-12,14H2,1H3. The van der Waals surface area contributed by atoms with Gasteiger partial charge in [0.05, 0.1) is 4.91 Å². The number of nitrogens with zero attached hydrogens (tertiary/aromatic N) is 3. The first-order valence-corrected chi connectivity index (χ1v) is 11.0. The van der Waals surface area contributed by atoms with E-state index in [-0.39, 0.29) is 23.6 Å². The fourth-order valence-electron chi connectivity index (χ4n) is 3.38. The van der Waals surface area contributed by atoms with Gasteiger partial charge < -0.3 is 9.80 Å². The lowest BCUT2D eigenvalue weighted by molar-refractivity contribution is -0.136. The van der Waals surface area contributed by atoms with E-state index in [1.807, 2.05) is 37.3 Å². The van der Waals surface area contributed by atoms with E-state index in [9.17, 15) is 14.4 Å². The third-order valence-corrected chi connectivity index (χ3v) is 6.81. The normalized spacial score (nSPS) is 18.8. The average molecular weight is 428 g/mol. The number of carbonyl (C=O) groups excluding carboxylic acids is 3. The Morgan fingerprint density at radius 1 is 1.03 bits per heavy atom. The van der Waals surface area contributed by atoms with Gasteiger partial charge in [0.1, 0.15) is 6.54 Å². The second-order valence-electron chi connectivity index (χ2n) is 6.92. The van der Waals surface area contributed by atoms with Crippen molar-refractivity contribution in [2.24, 2.45) is 0 Å². The van der Waals surface area contributed by atoms with Gasteiger partial charge in [0.25, 0.3) is 11.1 Å². The van der Waals surface area contributed by atoms with Gasteiger partial charge in [-0.3, -0.25) is 19.3 Å². The molecule has 29 heavy (non-hydrogen) atoms. The molecule has 0 N–H and O–H groups in total. The number of carbonyl (C=O) groups is 3. The highest BCUT2D eigenvalue weighted by Gasteiger charge is 2.37. The predicted octanol–water partition coefficient (Wildman–Crippen LogP) is 3.44. The molecule has 0 radical (unpaired) electrons. The Hall–Kier alpha value is -2.58. The van der Waals surface area contributed by atoms with E-state index in [1.54, 1.807) is 22.3 Å². The van der Waals surface area contributed by atoms with Gasteiger partial charge in [0.2, 0.25) is 5.91 Å². The third kappa shape index (κ3) is 4.38. The second-order valence-corrected chi connectivity index (χ2v) is 9.23. The summed E-state index contributed by atoms with van der Waals surface area (Å²) in [4.78, 5) is 45.1. The Labute approximate surface area is 177 Å². The van der Waals surface area contributed by atoms with Crippen LogP contribution in [0.3, 0.4) is 0 Å². The van der Waals surface area contributed by atoms with Gasteiger partial charge in [-0.15, -0.1) is 11.3 Å². The molecule has 1 aromatic carbocycles. The molecule has 2 fully saturated rings. The van der Waals surface area contributed by atoms with Crippen LogP contribution in [-0.4, -0.2) is 59.6 Å². The first-order valence-electron chi connectivity index (χ1n) is 9.41. The minimum Gasteiger partial charge on any atom is -0.368 e. The van der Waals surface area contributed by atoms with Crippen LogP contribution >= 0.6 is 23.1 Å². The van der Waals surface area contributed by atoms with E-state index in [0.29, 0.717) is 18.0 Å².